The fourth-order valence-electron chi connectivity index (χ4n) is 7.17. The first kappa shape index (κ1) is 29.6. The van der Waals surface area contributed by atoms with Gasteiger partial charge >= 0.3 is 0 Å². The number of rotatable bonds is 6. The van der Waals surface area contributed by atoms with E-state index in [0.29, 0.717) is 11.9 Å². The largest absolute Gasteiger partial charge is 0.456 e. The Morgan fingerprint density at radius 1 is 0.377 bits per heavy atom. The highest BCUT2D eigenvalue weighted by Gasteiger charge is 2.22. The van der Waals surface area contributed by atoms with E-state index in [9.17, 15) is 0 Å². The van der Waals surface area contributed by atoms with Crippen molar-refractivity contribution < 1.29 is 8.83 Å². The van der Waals surface area contributed by atoms with E-state index in [2.05, 4.69) is 82.6 Å². The van der Waals surface area contributed by atoms with Crippen LogP contribution in [0, 0.1) is 0 Å². The van der Waals surface area contributed by atoms with Crippen LogP contribution in [0.15, 0.2) is 167 Å². The number of furan rings is 2. The van der Waals surface area contributed by atoms with E-state index in [0.717, 1.165) is 87.1 Å². The lowest BCUT2D eigenvalue weighted by molar-refractivity contribution is 0.668. The molecular weight excluding hydrogens is 677 g/mol. The van der Waals surface area contributed by atoms with Crippen molar-refractivity contribution in [1.82, 2.24) is 19.9 Å². The molecule has 0 aliphatic carbocycles. The van der Waals surface area contributed by atoms with Crippen LogP contribution >= 0.6 is 11.3 Å². The Balaban J connectivity index is 1.03. The summed E-state index contributed by atoms with van der Waals surface area (Å²) in [6, 6.07) is 49.0. The maximum atomic E-state index is 6.26. The van der Waals surface area contributed by atoms with Gasteiger partial charge in [-0.1, -0.05) is 84.1 Å². The average molecular weight is 703 g/mol. The van der Waals surface area contributed by atoms with Crippen molar-refractivity contribution in [2.75, 3.05) is 9.80 Å². The first-order chi connectivity index (χ1) is 26.2. The van der Waals surface area contributed by atoms with Crippen LogP contribution in [0.1, 0.15) is 0 Å². The topological polar surface area (TPSA) is 84.3 Å². The Labute approximate surface area is 305 Å². The van der Waals surface area contributed by atoms with E-state index in [1.54, 1.807) is 0 Å². The summed E-state index contributed by atoms with van der Waals surface area (Å²) in [6.45, 7) is 0. The molecule has 250 valence electrons. The number of benzene rings is 6. The Hall–Kier alpha value is -7.10. The number of para-hydroxylation sites is 4. The van der Waals surface area contributed by atoms with Crippen LogP contribution in [-0.4, -0.2) is 19.9 Å². The van der Waals surface area contributed by atoms with Crippen molar-refractivity contribution in [3.8, 4) is 0 Å². The molecule has 0 spiro atoms. The smallest absolute Gasteiger partial charge is 0.235 e. The van der Waals surface area contributed by atoms with Gasteiger partial charge in [0.2, 0.25) is 11.9 Å². The number of hydrogen-bond donors (Lipinski definition) is 0. The molecule has 0 fully saturated rings. The van der Waals surface area contributed by atoms with Gasteiger partial charge in [0, 0.05) is 68.2 Å². The van der Waals surface area contributed by atoms with Crippen molar-refractivity contribution in [3.05, 3.63) is 158 Å². The minimum absolute atomic E-state index is 0.545. The van der Waals surface area contributed by atoms with E-state index < -0.39 is 0 Å². The maximum Gasteiger partial charge on any atom is 0.235 e. The number of hydrogen-bond acceptors (Lipinski definition) is 9. The van der Waals surface area contributed by atoms with E-state index in [4.69, 9.17) is 28.8 Å². The number of thiophene rings is 1. The number of fused-ring (bicyclic) bond motifs is 9. The zero-order chi connectivity index (χ0) is 34.9. The number of aromatic nitrogens is 4. The van der Waals surface area contributed by atoms with Gasteiger partial charge in [-0.15, -0.1) is 0 Å². The van der Waals surface area contributed by atoms with Crippen molar-refractivity contribution in [3.63, 3.8) is 0 Å². The van der Waals surface area contributed by atoms with Crippen LogP contribution in [0.3, 0.4) is 0 Å². The molecule has 0 unspecified atom stereocenters. The van der Waals surface area contributed by atoms with Crippen molar-refractivity contribution in [1.29, 1.82) is 0 Å². The summed E-state index contributed by atoms with van der Waals surface area (Å²) < 4.78 is 12.5. The molecule has 0 saturated carbocycles. The fraction of sp³-hybridized carbons (Fsp3) is 0. The molecule has 11 aromatic rings. The van der Waals surface area contributed by atoms with Crippen LogP contribution in [0.25, 0.3) is 64.3 Å². The van der Waals surface area contributed by atoms with Gasteiger partial charge in [0.25, 0.3) is 0 Å². The van der Waals surface area contributed by atoms with Gasteiger partial charge in [-0.05, 0) is 60.7 Å². The molecule has 6 aromatic carbocycles. The fourth-order valence-corrected chi connectivity index (χ4v) is 8.15. The van der Waals surface area contributed by atoms with Crippen LogP contribution in [-0.2, 0) is 0 Å². The Bertz CT molecular complexity index is 2940. The van der Waals surface area contributed by atoms with E-state index in [1.165, 1.54) is 11.3 Å². The zero-order valence-corrected chi connectivity index (χ0v) is 28.7. The predicted molar refractivity (Wildman–Crippen MR) is 214 cm³/mol. The quantitative estimate of drug-likeness (QED) is 0.169. The normalized spacial score (nSPS) is 11.8. The second-order valence-electron chi connectivity index (χ2n) is 12.8. The molecule has 0 saturated heterocycles. The first-order valence-electron chi connectivity index (χ1n) is 17.2. The summed E-state index contributed by atoms with van der Waals surface area (Å²) in [7, 11) is 0. The third-order valence-electron chi connectivity index (χ3n) is 9.64. The molecule has 5 aromatic heterocycles. The Morgan fingerprint density at radius 3 is 1.26 bits per heavy atom. The summed E-state index contributed by atoms with van der Waals surface area (Å²) in [4.78, 5) is 25.9. The van der Waals surface area contributed by atoms with Gasteiger partial charge < -0.3 is 8.83 Å². The molecule has 9 heteroatoms. The molecule has 0 aliphatic rings. The van der Waals surface area contributed by atoms with Crippen LogP contribution < -0.4 is 9.80 Å². The second-order valence-corrected chi connectivity index (χ2v) is 13.8. The summed E-state index contributed by atoms with van der Waals surface area (Å²) in [5, 5.41) is 6.10. The van der Waals surface area contributed by atoms with E-state index in [-0.39, 0.29) is 0 Å². The molecule has 0 N–H and O–H groups in total. The summed E-state index contributed by atoms with van der Waals surface area (Å²) in [5.74, 6) is 1.09. The number of anilines is 6. The van der Waals surface area contributed by atoms with Gasteiger partial charge in [0.05, 0.1) is 11.4 Å². The van der Waals surface area contributed by atoms with Crippen LogP contribution in [0.5, 0.6) is 0 Å². The predicted octanol–water partition coefficient (Wildman–Crippen LogP) is 12.4. The average Bonchev–Trinajstić information content (AvgIpc) is 3.89. The van der Waals surface area contributed by atoms with Crippen molar-refractivity contribution >= 4 is 110 Å². The van der Waals surface area contributed by atoms with E-state index in [1.807, 2.05) is 85.2 Å². The van der Waals surface area contributed by atoms with Gasteiger partial charge in [-0.2, -0.15) is 0 Å². The highest BCUT2D eigenvalue weighted by atomic mass is 32.1. The molecule has 0 aliphatic heterocycles. The van der Waals surface area contributed by atoms with Gasteiger partial charge in [-0.3, -0.25) is 9.80 Å². The third kappa shape index (κ3) is 4.82. The molecule has 0 atom stereocenters. The van der Waals surface area contributed by atoms with Gasteiger partial charge in [0.1, 0.15) is 32.0 Å². The lowest BCUT2D eigenvalue weighted by atomic mass is 10.1. The highest BCUT2D eigenvalue weighted by Crippen LogP contribution is 2.41. The van der Waals surface area contributed by atoms with Crippen molar-refractivity contribution in [2.24, 2.45) is 0 Å². The van der Waals surface area contributed by atoms with Gasteiger partial charge in [0.15, 0.2) is 0 Å². The second kappa shape index (κ2) is 11.7. The molecule has 53 heavy (non-hydrogen) atoms. The molecule has 8 nitrogen and oxygen atoms in total. The summed E-state index contributed by atoms with van der Waals surface area (Å²) >= 11 is 1.52. The first-order valence-corrected chi connectivity index (χ1v) is 18.0. The number of nitrogens with zero attached hydrogens (tertiary/aromatic N) is 6. The van der Waals surface area contributed by atoms with Gasteiger partial charge in [-0.25, -0.2) is 19.9 Å². The van der Waals surface area contributed by atoms with Crippen molar-refractivity contribution in [2.45, 2.75) is 0 Å². The highest BCUT2D eigenvalue weighted by molar-refractivity contribution is 7.25. The molecule has 11 rings (SSSR count). The summed E-state index contributed by atoms with van der Waals surface area (Å²) in [5.41, 5.74) is 6.98. The molecular formula is C44H26N6O2S. The van der Waals surface area contributed by atoms with Crippen LogP contribution in [0.4, 0.5) is 34.6 Å². The Kier molecular flexibility index (Phi) is 6.55. The minimum Gasteiger partial charge on any atom is -0.456 e. The van der Waals surface area contributed by atoms with E-state index >= 15 is 0 Å². The standard InChI is InChI=1S/C44H26N6O2S/c1-3-11-27(12-4-1)49(29-19-21-33-31-15-7-9-17-37(31)51-39(33)23-29)43-45-25-35-36-26-46-44(48-42(36)53-41(35)47-43)50(28-13-5-2-6-14-28)30-20-22-34-32-16-8-10-18-38(32)52-40(34)24-30/h1-26H. The lowest BCUT2D eigenvalue weighted by Crippen LogP contribution is -2.13. The zero-order valence-electron chi connectivity index (χ0n) is 27.9. The Morgan fingerprint density at radius 2 is 0.792 bits per heavy atom. The minimum atomic E-state index is 0.545. The SMILES string of the molecule is c1ccc(N(c2ccc3c(c2)oc2ccccc23)c2ncc3c(n2)sc2nc(N(c4ccccc4)c4ccc5c(c4)oc4ccccc45)ncc23)cc1. The summed E-state index contributed by atoms with van der Waals surface area (Å²) in [6.07, 6.45) is 3.75. The monoisotopic (exact) mass is 702 g/mol. The third-order valence-corrected chi connectivity index (χ3v) is 10.6. The molecule has 0 radical (unpaired) electrons. The van der Waals surface area contributed by atoms with Crippen LogP contribution in [0.2, 0.25) is 0 Å². The lowest BCUT2D eigenvalue weighted by Gasteiger charge is -2.23. The maximum absolute atomic E-state index is 6.26. The molecule has 5 heterocycles. The molecule has 0 amide bonds. The molecule has 0 bridgehead atoms.